The van der Waals surface area contributed by atoms with Crippen LogP contribution in [0.25, 0.3) is 6.08 Å². The number of anilines is 1. The third-order valence-electron chi connectivity index (χ3n) is 4.97. The lowest BCUT2D eigenvalue weighted by Gasteiger charge is -2.39. The number of benzene rings is 2. The van der Waals surface area contributed by atoms with Gasteiger partial charge >= 0.3 is 6.09 Å². The topological polar surface area (TPSA) is 72.9 Å². The summed E-state index contributed by atoms with van der Waals surface area (Å²) in [5.41, 5.74) is 1.90. The molecule has 1 atom stereocenters. The molecular weight excluding hydrogens is 409 g/mol. The van der Waals surface area contributed by atoms with Gasteiger partial charge in [-0.05, 0) is 54.5 Å². The molecule has 1 unspecified atom stereocenters. The molecule has 2 aromatic rings. The van der Waals surface area contributed by atoms with Crippen LogP contribution >= 0.6 is 11.6 Å². The lowest BCUT2D eigenvalue weighted by atomic mass is 10.1. The van der Waals surface area contributed by atoms with Crippen molar-refractivity contribution in [1.29, 1.82) is 0 Å². The van der Waals surface area contributed by atoms with E-state index in [1.165, 1.54) is 18.2 Å². The first-order valence-electron chi connectivity index (χ1n) is 9.57. The van der Waals surface area contributed by atoms with Crippen LogP contribution in [0.15, 0.2) is 48.5 Å². The Labute approximate surface area is 179 Å². The Morgan fingerprint density at radius 3 is 2.63 bits per heavy atom. The number of nitrogens with one attached hydrogen (secondary N) is 1. The van der Waals surface area contributed by atoms with E-state index in [-0.39, 0.29) is 17.8 Å². The highest BCUT2D eigenvalue weighted by Gasteiger charge is 2.26. The maximum absolute atomic E-state index is 13.1. The summed E-state index contributed by atoms with van der Waals surface area (Å²) in [6.07, 6.45) is 1.81. The number of nitrogens with zero attached hydrogens (tertiary/aromatic N) is 2. The van der Waals surface area contributed by atoms with Crippen LogP contribution in [0.1, 0.15) is 18.1 Å². The number of amides is 2. The van der Waals surface area contributed by atoms with Gasteiger partial charge in [0.25, 0.3) is 0 Å². The molecule has 1 heterocycles. The SMILES string of the molecule is CC1CN(Cc2ccc(F)cc2)CCN1C(=O)/C=C/c1cc(Cl)ccc1NC(=O)O. The Balaban J connectivity index is 1.62. The van der Waals surface area contributed by atoms with Gasteiger partial charge in [-0.15, -0.1) is 0 Å². The van der Waals surface area contributed by atoms with Gasteiger partial charge in [-0.3, -0.25) is 15.0 Å². The summed E-state index contributed by atoms with van der Waals surface area (Å²) in [7, 11) is 0. The average Bonchev–Trinajstić information content (AvgIpc) is 2.69. The zero-order chi connectivity index (χ0) is 21.7. The number of halogens is 2. The van der Waals surface area contributed by atoms with Gasteiger partial charge in [0.05, 0.1) is 5.69 Å². The normalized spacial score (nSPS) is 17.3. The van der Waals surface area contributed by atoms with Gasteiger partial charge in [-0.25, -0.2) is 9.18 Å². The summed E-state index contributed by atoms with van der Waals surface area (Å²) in [6, 6.07) is 11.2. The van der Waals surface area contributed by atoms with Gasteiger partial charge in [0.1, 0.15) is 5.82 Å². The standard InChI is InChI=1S/C22H23ClFN3O3/c1-15-13-26(14-16-2-6-19(24)7-3-16)10-11-27(15)21(28)9-4-17-12-18(23)5-8-20(17)25-22(29)30/h2-9,12,15,25H,10-11,13-14H2,1H3,(H,29,30)/b9-4+. The van der Waals surface area contributed by atoms with E-state index in [0.29, 0.717) is 42.5 Å². The maximum atomic E-state index is 13.1. The molecule has 1 saturated heterocycles. The molecule has 1 aliphatic rings. The first-order chi connectivity index (χ1) is 14.3. The Hall–Kier alpha value is -2.90. The summed E-state index contributed by atoms with van der Waals surface area (Å²) >= 11 is 6.00. The van der Waals surface area contributed by atoms with Gasteiger partial charge in [-0.2, -0.15) is 0 Å². The van der Waals surface area contributed by atoms with Crippen LogP contribution in [0, 0.1) is 5.82 Å². The van der Waals surface area contributed by atoms with Crippen molar-refractivity contribution in [2.24, 2.45) is 0 Å². The van der Waals surface area contributed by atoms with Crippen LogP contribution in [-0.4, -0.2) is 52.6 Å². The van der Waals surface area contributed by atoms with Crippen molar-refractivity contribution in [2.75, 3.05) is 25.0 Å². The first kappa shape index (κ1) is 21.8. The molecule has 8 heteroatoms. The molecule has 0 radical (unpaired) electrons. The fraction of sp³-hybridized carbons (Fsp3) is 0.273. The fourth-order valence-corrected chi connectivity index (χ4v) is 3.69. The van der Waals surface area contributed by atoms with Crippen LogP contribution in [0.2, 0.25) is 5.02 Å². The van der Waals surface area contributed by atoms with Gasteiger partial charge < -0.3 is 10.0 Å². The molecule has 30 heavy (non-hydrogen) atoms. The second-order valence-corrected chi connectivity index (χ2v) is 7.67. The predicted molar refractivity (Wildman–Crippen MR) is 115 cm³/mol. The zero-order valence-corrected chi connectivity index (χ0v) is 17.3. The summed E-state index contributed by atoms with van der Waals surface area (Å²) in [4.78, 5) is 27.7. The van der Waals surface area contributed by atoms with Crippen LogP contribution in [0.3, 0.4) is 0 Å². The number of carbonyl (C=O) groups is 2. The van der Waals surface area contributed by atoms with Crippen LogP contribution in [0.4, 0.5) is 14.9 Å². The number of rotatable bonds is 5. The van der Waals surface area contributed by atoms with Crippen molar-refractivity contribution < 1.29 is 19.1 Å². The Morgan fingerprint density at radius 1 is 1.23 bits per heavy atom. The van der Waals surface area contributed by atoms with E-state index in [0.717, 1.165) is 5.56 Å². The Morgan fingerprint density at radius 2 is 1.97 bits per heavy atom. The molecular formula is C22H23ClFN3O3. The van der Waals surface area contributed by atoms with Gasteiger partial charge in [0.15, 0.2) is 0 Å². The molecule has 0 aromatic heterocycles. The van der Waals surface area contributed by atoms with Gasteiger partial charge in [0.2, 0.25) is 5.91 Å². The van der Waals surface area contributed by atoms with E-state index >= 15 is 0 Å². The third-order valence-corrected chi connectivity index (χ3v) is 5.21. The minimum Gasteiger partial charge on any atom is -0.465 e. The van der Waals surface area contributed by atoms with Crippen molar-refractivity contribution in [1.82, 2.24) is 9.80 Å². The van der Waals surface area contributed by atoms with Crippen LogP contribution < -0.4 is 5.32 Å². The largest absolute Gasteiger partial charge is 0.465 e. The monoisotopic (exact) mass is 431 g/mol. The van der Waals surface area contributed by atoms with Crippen LogP contribution in [-0.2, 0) is 11.3 Å². The smallest absolute Gasteiger partial charge is 0.409 e. The van der Waals surface area contributed by atoms with Gasteiger partial charge in [0, 0.05) is 43.3 Å². The number of piperazine rings is 1. The molecule has 3 rings (SSSR count). The van der Waals surface area contributed by atoms with Crippen molar-refractivity contribution in [3.05, 3.63) is 70.5 Å². The molecule has 158 valence electrons. The summed E-state index contributed by atoms with van der Waals surface area (Å²) < 4.78 is 13.1. The zero-order valence-electron chi connectivity index (χ0n) is 16.5. The molecule has 2 N–H and O–H groups in total. The molecule has 0 saturated carbocycles. The quantitative estimate of drug-likeness (QED) is 0.692. The number of hydrogen-bond acceptors (Lipinski definition) is 3. The summed E-state index contributed by atoms with van der Waals surface area (Å²) in [6.45, 7) is 4.68. The summed E-state index contributed by atoms with van der Waals surface area (Å²) in [5.74, 6) is -0.402. The highest BCUT2D eigenvalue weighted by Crippen LogP contribution is 2.22. The second kappa shape index (κ2) is 9.73. The van der Waals surface area contributed by atoms with E-state index in [2.05, 4.69) is 10.2 Å². The Bertz CT molecular complexity index is 949. The number of hydrogen-bond donors (Lipinski definition) is 2. The molecule has 1 fully saturated rings. The van der Waals surface area contributed by atoms with E-state index in [9.17, 15) is 14.0 Å². The molecule has 2 aromatic carbocycles. The fourth-order valence-electron chi connectivity index (χ4n) is 3.51. The lowest BCUT2D eigenvalue weighted by molar-refractivity contribution is -0.130. The Kier molecular flexibility index (Phi) is 7.07. The van der Waals surface area contributed by atoms with Crippen molar-refractivity contribution >= 4 is 35.4 Å². The van der Waals surface area contributed by atoms with Crippen molar-refractivity contribution in [3.8, 4) is 0 Å². The van der Waals surface area contributed by atoms with E-state index < -0.39 is 6.09 Å². The molecule has 0 aliphatic carbocycles. The maximum Gasteiger partial charge on any atom is 0.409 e. The average molecular weight is 432 g/mol. The molecule has 2 amide bonds. The molecule has 1 aliphatic heterocycles. The predicted octanol–water partition coefficient (Wildman–Crippen LogP) is 4.32. The van der Waals surface area contributed by atoms with E-state index in [1.807, 2.05) is 6.92 Å². The number of carbonyl (C=O) groups excluding carboxylic acids is 1. The highest BCUT2D eigenvalue weighted by molar-refractivity contribution is 6.30. The number of carboxylic acid groups (broad SMARTS) is 1. The molecule has 0 bridgehead atoms. The minimum atomic E-state index is -1.19. The van der Waals surface area contributed by atoms with Gasteiger partial charge in [-0.1, -0.05) is 23.7 Å². The first-order valence-corrected chi connectivity index (χ1v) is 9.94. The minimum absolute atomic E-state index is 0.00678. The summed E-state index contributed by atoms with van der Waals surface area (Å²) in [5, 5.41) is 11.7. The lowest BCUT2D eigenvalue weighted by Crippen LogP contribution is -2.53. The molecule has 6 nitrogen and oxygen atoms in total. The molecule has 0 spiro atoms. The highest BCUT2D eigenvalue weighted by atomic mass is 35.5. The third kappa shape index (κ3) is 5.81. The van der Waals surface area contributed by atoms with Crippen LogP contribution in [0.5, 0.6) is 0 Å². The van der Waals surface area contributed by atoms with E-state index in [4.69, 9.17) is 16.7 Å². The second-order valence-electron chi connectivity index (χ2n) is 7.24. The van der Waals surface area contributed by atoms with Crippen molar-refractivity contribution in [3.63, 3.8) is 0 Å². The van der Waals surface area contributed by atoms with Crippen molar-refractivity contribution in [2.45, 2.75) is 19.5 Å². The van der Waals surface area contributed by atoms with E-state index in [1.54, 1.807) is 41.3 Å².